The number of nitro groups is 1. The predicted octanol–water partition coefficient (Wildman–Crippen LogP) is 4.12. The van der Waals surface area contributed by atoms with E-state index in [-0.39, 0.29) is 15.3 Å². The molecule has 0 saturated carbocycles. The number of rotatable bonds is 3. The fourth-order valence-corrected chi connectivity index (χ4v) is 4.76. The Balaban J connectivity index is 2.13. The summed E-state index contributed by atoms with van der Waals surface area (Å²) in [6.07, 6.45) is 0.652. The number of benzene rings is 2. The fraction of sp³-hybridized carbons (Fsp3) is 0.294. The largest absolute Gasteiger partial charge is 0.289 e. The van der Waals surface area contributed by atoms with Gasteiger partial charge in [0.2, 0.25) is 0 Å². The van der Waals surface area contributed by atoms with E-state index in [0.29, 0.717) is 18.7 Å². The van der Waals surface area contributed by atoms with Gasteiger partial charge in [-0.3, -0.25) is 14.4 Å². The van der Waals surface area contributed by atoms with Crippen LogP contribution in [0.5, 0.6) is 0 Å². The smallest absolute Gasteiger partial charge is 0.266 e. The van der Waals surface area contributed by atoms with Gasteiger partial charge in [0.25, 0.3) is 15.7 Å². The lowest BCUT2D eigenvalue weighted by atomic mass is 9.78. The lowest BCUT2D eigenvalue weighted by molar-refractivity contribution is -0.384. The standard InChI is InChI=1S/C17H17ClN2O4S/c1-17(2)9-10-19(15-6-4-3-5-13(15)17)25(23,24)12-7-8-14(18)16(11-12)20(21)22/h3-8,11H,9-10H2,1-2H3. The van der Waals surface area contributed by atoms with E-state index in [1.165, 1.54) is 16.4 Å². The van der Waals surface area contributed by atoms with Crippen molar-refractivity contribution >= 4 is 33.0 Å². The van der Waals surface area contributed by atoms with E-state index in [9.17, 15) is 18.5 Å². The third-order valence-electron chi connectivity index (χ3n) is 4.54. The molecule has 2 aromatic carbocycles. The molecule has 0 atom stereocenters. The van der Waals surface area contributed by atoms with Crippen LogP contribution in [0.4, 0.5) is 11.4 Å². The summed E-state index contributed by atoms with van der Waals surface area (Å²) in [6, 6.07) is 10.9. The summed E-state index contributed by atoms with van der Waals surface area (Å²) in [7, 11) is -3.93. The lowest BCUT2D eigenvalue weighted by Gasteiger charge is -2.39. The van der Waals surface area contributed by atoms with E-state index in [1.807, 2.05) is 12.1 Å². The molecule has 0 radical (unpaired) electrons. The number of hydrogen-bond acceptors (Lipinski definition) is 4. The Bertz CT molecular complexity index is 957. The van der Waals surface area contributed by atoms with E-state index in [1.54, 1.807) is 12.1 Å². The number of sulfonamides is 1. The molecule has 0 unspecified atom stereocenters. The van der Waals surface area contributed by atoms with Crippen molar-refractivity contribution in [1.29, 1.82) is 0 Å². The maximum Gasteiger partial charge on any atom is 0.289 e. The molecule has 2 aromatic rings. The minimum atomic E-state index is -3.93. The van der Waals surface area contributed by atoms with Gasteiger partial charge in [-0.05, 0) is 35.6 Å². The van der Waals surface area contributed by atoms with Crippen molar-refractivity contribution in [3.05, 3.63) is 63.2 Å². The first-order valence-corrected chi connectivity index (χ1v) is 9.52. The summed E-state index contributed by atoms with van der Waals surface area (Å²) in [4.78, 5) is 10.2. The van der Waals surface area contributed by atoms with E-state index >= 15 is 0 Å². The summed E-state index contributed by atoms with van der Waals surface area (Å²) < 4.78 is 27.5. The van der Waals surface area contributed by atoms with Crippen molar-refractivity contribution in [3.63, 3.8) is 0 Å². The second kappa shape index (κ2) is 6.00. The number of nitrogens with zero attached hydrogens (tertiary/aromatic N) is 2. The molecule has 132 valence electrons. The lowest BCUT2D eigenvalue weighted by Crippen LogP contribution is -2.41. The molecule has 0 spiro atoms. The van der Waals surface area contributed by atoms with Crippen molar-refractivity contribution in [2.24, 2.45) is 0 Å². The van der Waals surface area contributed by atoms with Gasteiger partial charge in [-0.25, -0.2) is 8.42 Å². The molecule has 0 aliphatic carbocycles. The van der Waals surface area contributed by atoms with E-state index in [0.717, 1.165) is 11.6 Å². The zero-order valence-electron chi connectivity index (χ0n) is 13.8. The van der Waals surface area contributed by atoms with Gasteiger partial charge in [0.15, 0.2) is 0 Å². The molecule has 3 rings (SSSR count). The highest BCUT2D eigenvalue weighted by Gasteiger charge is 2.37. The first-order chi connectivity index (χ1) is 11.6. The van der Waals surface area contributed by atoms with Gasteiger partial charge in [0.05, 0.1) is 15.5 Å². The second-order valence-electron chi connectivity index (χ2n) is 6.60. The first-order valence-electron chi connectivity index (χ1n) is 7.71. The summed E-state index contributed by atoms with van der Waals surface area (Å²) >= 11 is 5.80. The maximum atomic E-state index is 13.1. The normalized spacial score (nSPS) is 16.4. The van der Waals surface area contributed by atoms with Crippen LogP contribution >= 0.6 is 11.6 Å². The van der Waals surface area contributed by atoms with Crippen LogP contribution < -0.4 is 4.31 Å². The van der Waals surface area contributed by atoms with Crippen LogP contribution in [0.1, 0.15) is 25.8 Å². The van der Waals surface area contributed by atoms with Crippen LogP contribution in [0.25, 0.3) is 0 Å². The van der Waals surface area contributed by atoms with Crippen molar-refractivity contribution in [1.82, 2.24) is 0 Å². The van der Waals surface area contributed by atoms with Crippen LogP contribution in [0.15, 0.2) is 47.4 Å². The van der Waals surface area contributed by atoms with Crippen LogP contribution in [0.3, 0.4) is 0 Å². The Kier molecular flexibility index (Phi) is 4.25. The molecule has 0 bridgehead atoms. The highest BCUT2D eigenvalue weighted by Crippen LogP contribution is 2.42. The SMILES string of the molecule is CC1(C)CCN(S(=O)(=O)c2ccc(Cl)c([N+](=O)[O-])c2)c2ccccc21. The molecule has 1 aliphatic heterocycles. The summed E-state index contributed by atoms with van der Waals surface area (Å²) in [5.41, 5.74) is 0.979. The van der Waals surface area contributed by atoms with Gasteiger partial charge in [-0.1, -0.05) is 43.6 Å². The Morgan fingerprint density at radius 1 is 1.20 bits per heavy atom. The van der Waals surface area contributed by atoms with Crippen LogP contribution in [-0.2, 0) is 15.4 Å². The van der Waals surface area contributed by atoms with Crippen molar-refractivity contribution < 1.29 is 13.3 Å². The highest BCUT2D eigenvalue weighted by atomic mass is 35.5. The average molecular weight is 381 g/mol. The molecule has 25 heavy (non-hydrogen) atoms. The fourth-order valence-electron chi connectivity index (χ4n) is 3.07. The van der Waals surface area contributed by atoms with Crippen LogP contribution in [0, 0.1) is 10.1 Å². The molecular formula is C17H17ClN2O4S. The monoisotopic (exact) mass is 380 g/mol. The van der Waals surface area contributed by atoms with E-state index in [2.05, 4.69) is 13.8 Å². The Labute approximate surface area is 151 Å². The third kappa shape index (κ3) is 2.98. The quantitative estimate of drug-likeness (QED) is 0.592. The van der Waals surface area contributed by atoms with Gasteiger partial charge in [0.1, 0.15) is 5.02 Å². The van der Waals surface area contributed by atoms with Crippen molar-refractivity contribution in [3.8, 4) is 0 Å². The molecule has 6 nitrogen and oxygen atoms in total. The van der Waals surface area contributed by atoms with Gasteiger partial charge in [0, 0.05) is 12.6 Å². The zero-order valence-corrected chi connectivity index (χ0v) is 15.3. The van der Waals surface area contributed by atoms with Crippen LogP contribution in [0.2, 0.25) is 5.02 Å². The Hall–Kier alpha value is -2.12. The molecular weight excluding hydrogens is 364 g/mol. The molecule has 1 heterocycles. The average Bonchev–Trinajstić information content (AvgIpc) is 2.54. The predicted molar refractivity (Wildman–Crippen MR) is 96.7 cm³/mol. The van der Waals surface area contributed by atoms with E-state index < -0.39 is 20.6 Å². The van der Waals surface area contributed by atoms with Gasteiger partial charge in [-0.2, -0.15) is 0 Å². The minimum Gasteiger partial charge on any atom is -0.266 e. The Morgan fingerprint density at radius 2 is 1.88 bits per heavy atom. The molecule has 1 aliphatic rings. The van der Waals surface area contributed by atoms with Gasteiger partial charge >= 0.3 is 0 Å². The number of fused-ring (bicyclic) bond motifs is 1. The minimum absolute atomic E-state index is 0.0934. The molecule has 0 aromatic heterocycles. The third-order valence-corrected chi connectivity index (χ3v) is 6.67. The first kappa shape index (κ1) is 17.7. The molecule has 0 fully saturated rings. The number of hydrogen-bond donors (Lipinski definition) is 0. The van der Waals surface area contributed by atoms with Crippen molar-refractivity contribution in [2.45, 2.75) is 30.6 Å². The maximum absolute atomic E-state index is 13.1. The molecule has 8 heteroatoms. The number of nitro benzene ring substituents is 1. The number of para-hydroxylation sites is 1. The van der Waals surface area contributed by atoms with Gasteiger partial charge in [-0.15, -0.1) is 0 Å². The molecule has 0 N–H and O–H groups in total. The summed E-state index contributed by atoms with van der Waals surface area (Å²) in [5.74, 6) is 0. The summed E-state index contributed by atoms with van der Waals surface area (Å²) in [5, 5.41) is 11.0. The highest BCUT2D eigenvalue weighted by molar-refractivity contribution is 7.92. The number of halogens is 1. The molecule has 0 amide bonds. The molecule has 0 saturated heterocycles. The number of anilines is 1. The zero-order chi connectivity index (χ0) is 18.4. The Morgan fingerprint density at radius 3 is 2.56 bits per heavy atom. The van der Waals surface area contributed by atoms with Crippen molar-refractivity contribution in [2.75, 3.05) is 10.8 Å². The van der Waals surface area contributed by atoms with Gasteiger partial charge < -0.3 is 0 Å². The topological polar surface area (TPSA) is 80.5 Å². The summed E-state index contributed by atoms with van der Waals surface area (Å²) in [6.45, 7) is 4.45. The van der Waals surface area contributed by atoms with E-state index in [4.69, 9.17) is 11.6 Å². The second-order valence-corrected chi connectivity index (χ2v) is 8.87. The van der Waals surface area contributed by atoms with Crippen LogP contribution in [-0.4, -0.2) is 19.9 Å².